The molecule has 3 N–H and O–H groups in total. The highest BCUT2D eigenvalue weighted by molar-refractivity contribution is 9.10. The molecule has 1 aliphatic rings. The van der Waals surface area contributed by atoms with E-state index in [4.69, 9.17) is 18.9 Å². The fourth-order valence-corrected chi connectivity index (χ4v) is 4.47. The summed E-state index contributed by atoms with van der Waals surface area (Å²) >= 11 is 3.57. The predicted octanol–water partition coefficient (Wildman–Crippen LogP) is 4.55. The lowest BCUT2D eigenvalue weighted by atomic mass is 10.0. The van der Waals surface area contributed by atoms with Crippen LogP contribution in [0.4, 0.5) is 0 Å². The van der Waals surface area contributed by atoms with Crippen LogP contribution in [0.1, 0.15) is 35.8 Å². The Labute approximate surface area is 213 Å². The first-order valence-electron chi connectivity index (χ1n) is 11.5. The minimum absolute atomic E-state index is 0.0342. The van der Waals surface area contributed by atoms with E-state index < -0.39 is 12.2 Å². The summed E-state index contributed by atoms with van der Waals surface area (Å²) in [6.45, 7) is 3.51. The Morgan fingerprint density at radius 3 is 2.46 bits per heavy atom. The van der Waals surface area contributed by atoms with Crippen molar-refractivity contribution in [3.8, 4) is 23.0 Å². The maximum Gasteiger partial charge on any atom is 0.175 e. The average molecular weight is 544 g/mol. The number of rotatable bonds is 10. The maximum atomic E-state index is 10.7. The number of aliphatic hydroxyl groups excluding tert-OH is 2. The third kappa shape index (κ3) is 6.27. The lowest BCUT2D eigenvalue weighted by Crippen LogP contribution is -2.31. The fraction of sp³-hybridized carbons (Fsp3) is 0.333. The molecule has 8 heteroatoms. The zero-order valence-electron chi connectivity index (χ0n) is 19.7. The molecule has 0 saturated carbocycles. The summed E-state index contributed by atoms with van der Waals surface area (Å²) in [5.41, 5.74) is 2.50. The molecule has 0 amide bonds. The quantitative estimate of drug-likeness (QED) is 0.345. The molecule has 0 aliphatic carbocycles. The number of nitrogens with one attached hydrogen (secondary N) is 1. The third-order valence-electron chi connectivity index (χ3n) is 5.87. The van der Waals surface area contributed by atoms with E-state index >= 15 is 0 Å². The molecule has 0 spiro atoms. The number of hydrogen-bond acceptors (Lipinski definition) is 7. The Morgan fingerprint density at radius 1 is 0.971 bits per heavy atom. The van der Waals surface area contributed by atoms with Crippen molar-refractivity contribution in [3.63, 3.8) is 0 Å². The van der Waals surface area contributed by atoms with Gasteiger partial charge in [0.15, 0.2) is 23.0 Å². The minimum atomic E-state index is -0.857. The average Bonchev–Trinajstić information content (AvgIpc) is 2.90. The Hall–Kier alpha value is -2.78. The molecule has 35 heavy (non-hydrogen) atoms. The van der Waals surface area contributed by atoms with Crippen LogP contribution < -0.4 is 24.3 Å². The van der Waals surface area contributed by atoms with Crippen LogP contribution in [0.5, 0.6) is 23.0 Å². The van der Waals surface area contributed by atoms with Gasteiger partial charge >= 0.3 is 0 Å². The summed E-state index contributed by atoms with van der Waals surface area (Å²) in [5.74, 6) is 2.34. The second-order valence-corrected chi connectivity index (χ2v) is 9.22. The number of ether oxygens (including phenoxy) is 4. The van der Waals surface area contributed by atoms with E-state index in [1.165, 1.54) is 0 Å². The normalized spacial score (nSPS) is 15.2. The van der Waals surface area contributed by atoms with Gasteiger partial charge in [-0.3, -0.25) is 0 Å². The first kappa shape index (κ1) is 25.3. The SMILES string of the molecule is COc1cc(CNC(C)C(O)c2ccccc2)cc(Br)c1OCC(O)c1ccc2c(c1)OCCO2. The Kier molecular flexibility index (Phi) is 8.51. The number of benzene rings is 3. The van der Waals surface area contributed by atoms with Crippen LogP contribution in [0.15, 0.2) is 65.1 Å². The van der Waals surface area contributed by atoms with Gasteiger partial charge in [-0.1, -0.05) is 36.4 Å². The van der Waals surface area contributed by atoms with Gasteiger partial charge in [-0.15, -0.1) is 0 Å². The Bertz CT molecular complexity index is 1130. The van der Waals surface area contributed by atoms with E-state index in [9.17, 15) is 10.2 Å². The maximum absolute atomic E-state index is 10.7. The highest BCUT2D eigenvalue weighted by Gasteiger charge is 2.19. The van der Waals surface area contributed by atoms with E-state index in [-0.39, 0.29) is 12.6 Å². The molecule has 7 nitrogen and oxygen atoms in total. The summed E-state index contributed by atoms with van der Waals surface area (Å²) in [4.78, 5) is 0. The Morgan fingerprint density at radius 2 is 1.71 bits per heavy atom. The number of aliphatic hydroxyl groups is 2. The molecule has 0 bridgehead atoms. The largest absolute Gasteiger partial charge is 0.493 e. The van der Waals surface area contributed by atoms with Crippen molar-refractivity contribution in [2.45, 2.75) is 31.7 Å². The molecule has 0 aromatic heterocycles. The van der Waals surface area contributed by atoms with Crippen molar-refractivity contribution >= 4 is 15.9 Å². The molecule has 1 aliphatic heterocycles. The van der Waals surface area contributed by atoms with Gasteiger partial charge in [-0.2, -0.15) is 0 Å². The second kappa shape index (κ2) is 11.8. The van der Waals surface area contributed by atoms with Crippen LogP contribution in [0, 0.1) is 0 Å². The molecule has 0 fully saturated rings. The minimum Gasteiger partial charge on any atom is -0.493 e. The first-order chi connectivity index (χ1) is 17.0. The molecule has 4 rings (SSSR count). The smallest absolute Gasteiger partial charge is 0.175 e. The van der Waals surface area contributed by atoms with Gasteiger partial charge < -0.3 is 34.5 Å². The van der Waals surface area contributed by atoms with Crippen molar-refractivity contribution in [1.29, 1.82) is 0 Å². The van der Waals surface area contributed by atoms with Gasteiger partial charge in [0, 0.05) is 12.6 Å². The molecule has 0 saturated heterocycles. The van der Waals surface area contributed by atoms with Crippen molar-refractivity contribution in [1.82, 2.24) is 5.32 Å². The van der Waals surface area contributed by atoms with Gasteiger partial charge in [-0.25, -0.2) is 0 Å². The highest BCUT2D eigenvalue weighted by Crippen LogP contribution is 2.38. The van der Waals surface area contributed by atoms with Gasteiger partial charge in [0.2, 0.25) is 0 Å². The molecule has 3 atom stereocenters. The first-order valence-corrected chi connectivity index (χ1v) is 12.3. The molecular weight excluding hydrogens is 514 g/mol. The Balaban J connectivity index is 1.38. The molecule has 3 aromatic carbocycles. The van der Waals surface area contributed by atoms with Gasteiger partial charge in [0.25, 0.3) is 0 Å². The van der Waals surface area contributed by atoms with E-state index in [1.807, 2.05) is 49.4 Å². The van der Waals surface area contributed by atoms with Crippen molar-refractivity contribution in [2.24, 2.45) is 0 Å². The second-order valence-electron chi connectivity index (χ2n) is 8.36. The van der Waals surface area contributed by atoms with Gasteiger partial charge in [0.05, 0.1) is 17.7 Å². The van der Waals surface area contributed by atoms with E-state index in [1.54, 1.807) is 25.3 Å². The molecular formula is C27H30BrNO6. The van der Waals surface area contributed by atoms with Crippen molar-refractivity contribution in [2.75, 3.05) is 26.9 Å². The molecule has 1 heterocycles. The summed E-state index contributed by atoms with van der Waals surface area (Å²) in [6.07, 6.45) is -1.48. The van der Waals surface area contributed by atoms with Crippen LogP contribution in [-0.2, 0) is 6.54 Å². The van der Waals surface area contributed by atoms with E-state index in [0.717, 1.165) is 11.1 Å². The van der Waals surface area contributed by atoms with Crippen molar-refractivity contribution in [3.05, 3.63) is 81.8 Å². The van der Waals surface area contributed by atoms with Crippen LogP contribution in [0.25, 0.3) is 0 Å². The third-order valence-corrected chi connectivity index (χ3v) is 6.46. The molecule has 3 unspecified atom stereocenters. The molecule has 0 radical (unpaired) electrons. The van der Waals surface area contributed by atoms with Crippen LogP contribution in [0.3, 0.4) is 0 Å². The van der Waals surface area contributed by atoms with Gasteiger partial charge in [-0.05, 0) is 63.8 Å². The van der Waals surface area contributed by atoms with Crippen LogP contribution in [0.2, 0.25) is 0 Å². The van der Waals surface area contributed by atoms with Crippen molar-refractivity contribution < 1.29 is 29.2 Å². The van der Waals surface area contributed by atoms with E-state index in [2.05, 4.69) is 21.2 Å². The topological polar surface area (TPSA) is 89.4 Å². The summed E-state index contributed by atoms with van der Waals surface area (Å²) < 4.78 is 23.3. The number of methoxy groups -OCH3 is 1. The zero-order valence-corrected chi connectivity index (χ0v) is 21.3. The van der Waals surface area contributed by atoms with Crippen LogP contribution >= 0.6 is 15.9 Å². The number of hydrogen-bond donors (Lipinski definition) is 3. The lowest BCUT2D eigenvalue weighted by molar-refractivity contribution is 0.105. The highest BCUT2D eigenvalue weighted by atomic mass is 79.9. The summed E-state index contributed by atoms with van der Waals surface area (Å²) in [7, 11) is 1.57. The molecule has 3 aromatic rings. The number of halogens is 1. The lowest BCUT2D eigenvalue weighted by Gasteiger charge is -2.22. The summed E-state index contributed by atoms with van der Waals surface area (Å²) in [5, 5.41) is 24.6. The van der Waals surface area contributed by atoms with Gasteiger partial charge in [0.1, 0.15) is 25.9 Å². The van der Waals surface area contributed by atoms with Crippen LogP contribution in [-0.4, -0.2) is 43.2 Å². The predicted molar refractivity (Wildman–Crippen MR) is 136 cm³/mol. The standard InChI is InChI=1S/C27H30BrNO6/c1-17(26(31)19-6-4-3-5-7-19)29-15-18-12-21(28)27(25(13-18)32-2)35-16-22(30)20-8-9-23-24(14-20)34-11-10-33-23/h3-9,12-14,17,22,26,29-31H,10-11,15-16H2,1-2H3. The molecule has 186 valence electrons. The fourth-order valence-electron chi connectivity index (χ4n) is 3.87. The monoisotopic (exact) mass is 543 g/mol. The number of fused-ring (bicyclic) bond motifs is 1. The summed E-state index contributed by atoms with van der Waals surface area (Å²) in [6, 6.07) is 18.6. The zero-order chi connectivity index (χ0) is 24.8. The van der Waals surface area contributed by atoms with E-state index in [0.29, 0.717) is 52.8 Å².